The second-order valence-electron chi connectivity index (χ2n) is 5.63. The third-order valence-electron chi connectivity index (χ3n) is 3.82. The molecule has 6 nitrogen and oxygen atoms in total. The lowest BCUT2D eigenvalue weighted by Crippen LogP contribution is -2.42. The Labute approximate surface area is 146 Å². The van der Waals surface area contributed by atoms with Gasteiger partial charge in [0.2, 0.25) is 0 Å². The summed E-state index contributed by atoms with van der Waals surface area (Å²) in [4.78, 5) is 18.1. The lowest BCUT2D eigenvalue weighted by atomic mass is 10.2. The Morgan fingerprint density at radius 1 is 1.12 bits per heavy atom. The van der Waals surface area contributed by atoms with E-state index in [2.05, 4.69) is 4.99 Å². The standard InChI is InChI=1S/C19H20N2O4/c22-17-5-3-16(4-6-17)20-13-15-1-7-18(8-2-15)25-14-19(23)21-9-11-24-12-10-21/h1-8,13,22H,9-12,14H2. The molecule has 0 spiro atoms. The number of ether oxygens (including phenoxy) is 2. The molecule has 1 fully saturated rings. The Morgan fingerprint density at radius 2 is 1.80 bits per heavy atom. The van der Waals surface area contributed by atoms with E-state index in [-0.39, 0.29) is 18.3 Å². The van der Waals surface area contributed by atoms with Gasteiger partial charge in [-0.3, -0.25) is 9.79 Å². The lowest BCUT2D eigenvalue weighted by Gasteiger charge is -2.26. The van der Waals surface area contributed by atoms with Crippen LogP contribution in [0.2, 0.25) is 0 Å². The number of hydrogen-bond donors (Lipinski definition) is 1. The number of phenols is 1. The van der Waals surface area contributed by atoms with Crippen LogP contribution in [-0.4, -0.2) is 55.0 Å². The van der Waals surface area contributed by atoms with Gasteiger partial charge >= 0.3 is 0 Å². The van der Waals surface area contributed by atoms with Gasteiger partial charge in [-0.2, -0.15) is 0 Å². The largest absolute Gasteiger partial charge is 0.508 e. The third-order valence-corrected chi connectivity index (χ3v) is 3.82. The molecular formula is C19H20N2O4. The average Bonchev–Trinajstić information content (AvgIpc) is 2.67. The first-order valence-corrected chi connectivity index (χ1v) is 8.12. The molecule has 0 aliphatic carbocycles. The molecule has 0 radical (unpaired) electrons. The van der Waals surface area contributed by atoms with Gasteiger partial charge in [-0.15, -0.1) is 0 Å². The number of nitrogens with zero attached hydrogens (tertiary/aromatic N) is 2. The minimum atomic E-state index is -0.0266. The van der Waals surface area contributed by atoms with Crippen LogP contribution in [0.4, 0.5) is 5.69 Å². The van der Waals surface area contributed by atoms with E-state index < -0.39 is 0 Å². The number of carbonyl (C=O) groups excluding carboxylic acids is 1. The molecule has 2 aromatic rings. The van der Waals surface area contributed by atoms with Crippen molar-refractivity contribution in [3.63, 3.8) is 0 Å². The smallest absolute Gasteiger partial charge is 0.260 e. The first-order chi connectivity index (χ1) is 12.2. The lowest BCUT2D eigenvalue weighted by molar-refractivity contribution is -0.137. The summed E-state index contributed by atoms with van der Waals surface area (Å²) in [6.07, 6.45) is 1.73. The Kier molecular flexibility index (Phi) is 5.64. The molecule has 1 aliphatic heterocycles. The summed E-state index contributed by atoms with van der Waals surface area (Å²) in [7, 11) is 0. The van der Waals surface area contributed by atoms with Gasteiger partial charge in [0.1, 0.15) is 11.5 Å². The Hall–Kier alpha value is -2.86. The van der Waals surface area contributed by atoms with Crippen LogP contribution in [-0.2, 0) is 9.53 Å². The number of aliphatic imine (C=N–C) groups is 1. The number of hydrogen-bond acceptors (Lipinski definition) is 5. The zero-order valence-electron chi connectivity index (χ0n) is 13.8. The third kappa shape index (κ3) is 5.06. The van der Waals surface area contributed by atoms with Crippen LogP contribution in [0.3, 0.4) is 0 Å². The zero-order chi connectivity index (χ0) is 17.5. The number of benzene rings is 2. The highest BCUT2D eigenvalue weighted by molar-refractivity contribution is 5.82. The van der Waals surface area contributed by atoms with E-state index in [1.165, 1.54) is 0 Å². The van der Waals surface area contributed by atoms with E-state index in [1.807, 2.05) is 24.3 Å². The second kappa shape index (κ2) is 8.30. The van der Waals surface area contributed by atoms with E-state index >= 15 is 0 Å². The maximum atomic E-state index is 12.0. The van der Waals surface area contributed by atoms with Crippen molar-refractivity contribution in [3.8, 4) is 11.5 Å². The van der Waals surface area contributed by atoms with Crippen molar-refractivity contribution >= 4 is 17.8 Å². The van der Waals surface area contributed by atoms with E-state index in [0.29, 0.717) is 32.1 Å². The zero-order valence-corrected chi connectivity index (χ0v) is 13.8. The quantitative estimate of drug-likeness (QED) is 0.849. The maximum Gasteiger partial charge on any atom is 0.260 e. The van der Waals surface area contributed by atoms with Gasteiger partial charge in [-0.1, -0.05) is 0 Å². The van der Waals surface area contributed by atoms with Gasteiger partial charge in [-0.05, 0) is 54.1 Å². The Balaban J connectivity index is 1.51. The van der Waals surface area contributed by atoms with Crippen molar-refractivity contribution in [2.75, 3.05) is 32.9 Å². The number of amides is 1. The fourth-order valence-corrected chi connectivity index (χ4v) is 2.39. The topological polar surface area (TPSA) is 71.4 Å². The van der Waals surface area contributed by atoms with Crippen LogP contribution >= 0.6 is 0 Å². The van der Waals surface area contributed by atoms with Gasteiger partial charge in [0, 0.05) is 19.3 Å². The predicted octanol–water partition coefficient (Wildman–Crippen LogP) is 2.38. The molecule has 0 aromatic heterocycles. The fourth-order valence-electron chi connectivity index (χ4n) is 2.39. The summed E-state index contributed by atoms with van der Waals surface area (Å²) in [5.41, 5.74) is 1.68. The predicted molar refractivity (Wildman–Crippen MR) is 94.7 cm³/mol. The molecule has 3 rings (SSSR count). The molecule has 1 saturated heterocycles. The van der Waals surface area contributed by atoms with Gasteiger partial charge in [-0.25, -0.2) is 0 Å². The van der Waals surface area contributed by atoms with Crippen molar-refractivity contribution in [1.82, 2.24) is 4.90 Å². The molecule has 6 heteroatoms. The average molecular weight is 340 g/mol. The molecule has 2 aromatic carbocycles. The monoisotopic (exact) mass is 340 g/mol. The van der Waals surface area contributed by atoms with E-state index in [0.717, 1.165) is 11.3 Å². The summed E-state index contributed by atoms with van der Waals surface area (Å²) in [5, 5.41) is 9.25. The normalized spacial score (nSPS) is 14.6. The van der Waals surface area contributed by atoms with Crippen LogP contribution in [0.25, 0.3) is 0 Å². The van der Waals surface area contributed by atoms with E-state index in [1.54, 1.807) is 35.4 Å². The molecule has 25 heavy (non-hydrogen) atoms. The molecule has 0 atom stereocenters. The Morgan fingerprint density at radius 3 is 2.48 bits per heavy atom. The summed E-state index contributed by atoms with van der Waals surface area (Å²) in [5.74, 6) is 0.830. The van der Waals surface area contributed by atoms with Crippen molar-refractivity contribution in [3.05, 3.63) is 54.1 Å². The SMILES string of the molecule is O=C(COc1ccc(C=Nc2ccc(O)cc2)cc1)N1CCOCC1. The maximum absolute atomic E-state index is 12.0. The summed E-state index contributed by atoms with van der Waals surface area (Å²) in [6, 6.07) is 14.0. The molecule has 1 N–H and O–H groups in total. The van der Waals surface area contributed by atoms with Crippen LogP contribution < -0.4 is 4.74 Å². The van der Waals surface area contributed by atoms with Crippen molar-refractivity contribution in [2.24, 2.45) is 4.99 Å². The summed E-state index contributed by atoms with van der Waals surface area (Å²) >= 11 is 0. The van der Waals surface area contributed by atoms with Crippen molar-refractivity contribution in [2.45, 2.75) is 0 Å². The first kappa shape index (κ1) is 17.0. The highest BCUT2D eigenvalue weighted by Crippen LogP contribution is 2.17. The number of rotatable bonds is 5. The van der Waals surface area contributed by atoms with Gasteiger partial charge in [0.25, 0.3) is 5.91 Å². The van der Waals surface area contributed by atoms with E-state index in [9.17, 15) is 9.90 Å². The van der Waals surface area contributed by atoms with Crippen LogP contribution in [0.1, 0.15) is 5.56 Å². The molecule has 0 saturated carbocycles. The summed E-state index contributed by atoms with van der Waals surface area (Å²) < 4.78 is 10.8. The molecule has 130 valence electrons. The number of aromatic hydroxyl groups is 1. The highest BCUT2D eigenvalue weighted by Gasteiger charge is 2.16. The van der Waals surface area contributed by atoms with Gasteiger partial charge in [0.15, 0.2) is 6.61 Å². The minimum absolute atomic E-state index is 0.0266. The second-order valence-corrected chi connectivity index (χ2v) is 5.63. The number of phenolic OH excluding ortho intramolecular Hbond substituents is 1. The summed E-state index contributed by atoms with van der Waals surface area (Å²) in [6.45, 7) is 2.44. The van der Waals surface area contributed by atoms with Crippen LogP contribution in [0.5, 0.6) is 11.5 Å². The molecular weight excluding hydrogens is 320 g/mol. The molecule has 0 unspecified atom stereocenters. The fraction of sp³-hybridized carbons (Fsp3) is 0.263. The van der Waals surface area contributed by atoms with Gasteiger partial charge < -0.3 is 19.5 Å². The van der Waals surface area contributed by atoms with E-state index in [4.69, 9.17) is 9.47 Å². The van der Waals surface area contributed by atoms with Crippen LogP contribution in [0.15, 0.2) is 53.5 Å². The van der Waals surface area contributed by atoms with Crippen LogP contribution in [0, 0.1) is 0 Å². The molecule has 1 heterocycles. The number of morpholine rings is 1. The minimum Gasteiger partial charge on any atom is -0.508 e. The molecule has 1 aliphatic rings. The molecule has 0 bridgehead atoms. The van der Waals surface area contributed by atoms with Gasteiger partial charge in [0.05, 0.1) is 18.9 Å². The molecule has 1 amide bonds. The first-order valence-electron chi connectivity index (χ1n) is 8.12. The highest BCUT2D eigenvalue weighted by atomic mass is 16.5. The Bertz CT molecular complexity index is 720. The van der Waals surface area contributed by atoms with Crippen molar-refractivity contribution < 1.29 is 19.4 Å². The van der Waals surface area contributed by atoms with Crippen molar-refractivity contribution in [1.29, 1.82) is 0 Å². The number of carbonyl (C=O) groups is 1.